The zero-order chi connectivity index (χ0) is 11.9. The van der Waals surface area contributed by atoms with Crippen molar-refractivity contribution in [1.29, 1.82) is 0 Å². The van der Waals surface area contributed by atoms with Crippen molar-refractivity contribution in [2.75, 3.05) is 18.2 Å². The highest BCUT2D eigenvalue weighted by atomic mass is 35.5. The van der Waals surface area contributed by atoms with E-state index in [2.05, 4.69) is 4.72 Å². The van der Waals surface area contributed by atoms with Gasteiger partial charge < -0.3 is 5.11 Å². The van der Waals surface area contributed by atoms with Gasteiger partial charge in [-0.15, -0.1) is 11.6 Å². The van der Waals surface area contributed by atoms with Gasteiger partial charge in [-0.1, -0.05) is 6.92 Å². The molecule has 6 heteroatoms. The molecule has 0 radical (unpaired) electrons. The standard InChI is InChI=1S/C9H20ClNO3S/c1-8(6-10)7-15(13,14)11-5-3-4-9(2)12/h8-9,11-12H,3-7H2,1-2H3. The van der Waals surface area contributed by atoms with Crippen LogP contribution >= 0.6 is 11.6 Å². The molecule has 0 saturated heterocycles. The van der Waals surface area contributed by atoms with Crippen LogP contribution in [0.4, 0.5) is 0 Å². The number of nitrogens with one attached hydrogen (secondary N) is 1. The summed E-state index contributed by atoms with van der Waals surface area (Å²) in [5.41, 5.74) is 0. The molecule has 0 fully saturated rings. The van der Waals surface area contributed by atoms with E-state index >= 15 is 0 Å². The van der Waals surface area contributed by atoms with Crippen LogP contribution in [-0.4, -0.2) is 37.8 Å². The second-order valence-corrected chi connectivity index (χ2v) is 6.09. The minimum absolute atomic E-state index is 0.0408. The SMILES string of the molecule is CC(O)CCCNS(=O)(=O)CC(C)CCl. The third-order valence-corrected chi connectivity index (χ3v) is 4.07. The number of halogens is 1. The fourth-order valence-electron chi connectivity index (χ4n) is 1.10. The molecule has 0 rings (SSSR count). The van der Waals surface area contributed by atoms with Crippen LogP contribution in [0, 0.1) is 5.92 Å². The lowest BCUT2D eigenvalue weighted by Crippen LogP contribution is -2.30. The van der Waals surface area contributed by atoms with Crippen molar-refractivity contribution in [2.24, 2.45) is 5.92 Å². The maximum Gasteiger partial charge on any atom is 0.211 e. The smallest absolute Gasteiger partial charge is 0.211 e. The molecule has 2 N–H and O–H groups in total. The van der Waals surface area contributed by atoms with Crippen LogP contribution in [0.3, 0.4) is 0 Å². The molecule has 0 amide bonds. The van der Waals surface area contributed by atoms with E-state index in [-0.39, 0.29) is 17.8 Å². The van der Waals surface area contributed by atoms with Crippen LogP contribution in [0.25, 0.3) is 0 Å². The molecule has 92 valence electrons. The van der Waals surface area contributed by atoms with E-state index < -0.39 is 10.0 Å². The lowest BCUT2D eigenvalue weighted by atomic mass is 10.2. The first-order chi connectivity index (χ1) is 6.87. The number of hydrogen-bond donors (Lipinski definition) is 2. The van der Waals surface area contributed by atoms with Crippen molar-refractivity contribution in [3.05, 3.63) is 0 Å². The van der Waals surface area contributed by atoms with Crippen molar-refractivity contribution in [3.63, 3.8) is 0 Å². The number of sulfonamides is 1. The van der Waals surface area contributed by atoms with Gasteiger partial charge in [0.25, 0.3) is 0 Å². The van der Waals surface area contributed by atoms with Gasteiger partial charge in [-0.05, 0) is 25.7 Å². The highest BCUT2D eigenvalue weighted by molar-refractivity contribution is 7.89. The summed E-state index contributed by atoms with van der Waals surface area (Å²) in [7, 11) is -3.21. The molecular weight excluding hydrogens is 238 g/mol. The number of hydrogen-bond acceptors (Lipinski definition) is 3. The molecule has 0 saturated carbocycles. The molecule has 4 nitrogen and oxygen atoms in total. The summed E-state index contributed by atoms with van der Waals surface area (Å²) in [5.74, 6) is 0.362. The van der Waals surface area contributed by atoms with Gasteiger partial charge in [-0.2, -0.15) is 0 Å². The summed E-state index contributed by atoms with van der Waals surface area (Å²) in [6, 6.07) is 0. The summed E-state index contributed by atoms with van der Waals surface area (Å²) in [6.45, 7) is 3.86. The Morgan fingerprint density at radius 1 is 1.40 bits per heavy atom. The van der Waals surface area contributed by atoms with E-state index in [4.69, 9.17) is 16.7 Å². The van der Waals surface area contributed by atoms with E-state index in [0.29, 0.717) is 25.3 Å². The Balaban J connectivity index is 3.75. The maximum atomic E-state index is 11.4. The Hall–Kier alpha value is 0.160. The van der Waals surface area contributed by atoms with Crippen molar-refractivity contribution in [3.8, 4) is 0 Å². The average Bonchev–Trinajstić information content (AvgIpc) is 2.11. The molecule has 0 aromatic rings. The molecule has 2 atom stereocenters. The zero-order valence-electron chi connectivity index (χ0n) is 9.24. The Kier molecular flexibility index (Phi) is 7.52. The maximum absolute atomic E-state index is 11.4. The lowest BCUT2D eigenvalue weighted by molar-refractivity contribution is 0.182. The van der Waals surface area contributed by atoms with E-state index in [9.17, 15) is 8.42 Å². The predicted octanol–water partition coefficient (Wildman–Crippen LogP) is 0.942. The topological polar surface area (TPSA) is 66.4 Å². The quantitative estimate of drug-likeness (QED) is 0.502. The van der Waals surface area contributed by atoms with Crippen molar-refractivity contribution >= 4 is 21.6 Å². The van der Waals surface area contributed by atoms with Crippen LogP contribution in [0.5, 0.6) is 0 Å². The van der Waals surface area contributed by atoms with Crippen LogP contribution in [0.15, 0.2) is 0 Å². The summed E-state index contributed by atoms with van der Waals surface area (Å²) >= 11 is 5.54. The molecule has 0 spiro atoms. The summed E-state index contributed by atoms with van der Waals surface area (Å²) < 4.78 is 25.3. The van der Waals surface area contributed by atoms with Gasteiger partial charge in [-0.25, -0.2) is 13.1 Å². The molecule has 0 heterocycles. The molecule has 0 aromatic carbocycles. The summed E-state index contributed by atoms with van der Waals surface area (Å²) in [5, 5.41) is 8.97. The van der Waals surface area contributed by atoms with Gasteiger partial charge in [0.1, 0.15) is 0 Å². The predicted molar refractivity (Wildman–Crippen MR) is 62.6 cm³/mol. The number of aliphatic hydroxyl groups is 1. The number of rotatable bonds is 8. The molecule has 15 heavy (non-hydrogen) atoms. The van der Waals surface area contributed by atoms with Gasteiger partial charge in [-0.3, -0.25) is 0 Å². The van der Waals surface area contributed by atoms with Crippen LogP contribution in [-0.2, 0) is 10.0 Å². The van der Waals surface area contributed by atoms with Crippen molar-refractivity contribution in [1.82, 2.24) is 4.72 Å². The van der Waals surface area contributed by atoms with Gasteiger partial charge in [0, 0.05) is 12.4 Å². The minimum atomic E-state index is -3.21. The lowest BCUT2D eigenvalue weighted by Gasteiger charge is -2.10. The fourth-order valence-corrected chi connectivity index (χ4v) is 2.78. The van der Waals surface area contributed by atoms with Gasteiger partial charge in [0.05, 0.1) is 11.9 Å². The van der Waals surface area contributed by atoms with Crippen molar-refractivity contribution < 1.29 is 13.5 Å². The molecule has 0 aromatic heterocycles. The average molecular weight is 258 g/mol. The second-order valence-electron chi connectivity index (χ2n) is 3.93. The Bertz CT molecular complexity index is 254. The Morgan fingerprint density at radius 3 is 2.47 bits per heavy atom. The molecule has 0 aliphatic rings. The Labute approximate surface area is 97.1 Å². The first-order valence-electron chi connectivity index (χ1n) is 5.08. The number of alkyl halides is 1. The van der Waals surface area contributed by atoms with Gasteiger partial charge in [0.15, 0.2) is 0 Å². The summed E-state index contributed by atoms with van der Waals surface area (Å²) in [6.07, 6.45) is 0.871. The number of aliphatic hydroxyl groups excluding tert-OH is 1. The van der Waals surface area contributed by atoms with E-state index in [1.165, 1.54) is 0 Å². The van der Waals surface area contributed by atoms with Gasteiger partial charge >= 0.3 is 0 Å². The normalized spacial score (nSPS) is 16.3. The molecular formula is C9H20ClNO3S. The fraction of sp³-hybridized carbons (Fsp3) is 1.00. The molecule has 0 bridgehead atoms. The zero-order valence-corrected chi connectivity index (χ0v) is 10.8. The third-order valence-electron chi connectivity index (χ3n) is 1.89. The van der Waals surface area contributed by atoms with Gasteiger partial charge in [0.2, 0.25) is 10.0 Å². The van der Waals surface area contributed by atoms with E-state index in [1.807, 2.05) is 0 Å². The van der Waals surface area contributed by atoms with Crippen LogP contribution in [0.2, 0.25) is 0 Å². The highest BCUT2D eigenvalue weighted by Gasteiger charge is 2.14. The Morgan fingerprint density at radius 2 is 2.00 bits per heavy atom. The van der Waals surface area contributed by atoms with E-state index in [0.717, 1.165) is 0 Å². The van der Waals surface area contributed by atoms with Crippen LogP contribution in [0.1, 0.15) is 26.7 Å². The molecule has 0 aliphatic heterocycles. The monoisotopic (exact) mass is 257 g/mol. The largest absolute Gasteiger partial charge is 0.393 e. The minimum Gasteiger partial charge on any atom is -0.393 e. The third kappa shape index (κ3) is 9.11. The summed E-state index contributed by atoms with van der Waals surface area (Å²) in [4.78, 5) is 0. The second kappa shape index (κ2) is 7.44. The molecule has 0 aliphatic carbocycles. The first-order valence-corrected chi connectivity index (χ1v) is 7.27. The first kappa shape index (κ1) is 15.2. The van der Waals surface area contributed by atoms with Crippen LogP contribution < -0.4 is 4.72 Å². The van der Waals surface area contributed by atoms with E-state index in [1.54, 1.807) is 13.8 Å². The van der Waals surface area contributed by atoms with Crippen molar-refractivity contribution in [2.45, 2.75) is 32.8 Å². The molecule has 2 unspecified atom stereocenters. The highest BCUT2D eigenvalue weighted by Crippen LogP contribution is 2.02.